The molecule has 0 aliphatic carbocycles. The first-order valence-electron chi connectivity index (χ1n) is 7.78. The normalized spacial score (nSPS) is 43.7. The Bertz CT molecular complexity index is 470. The van der Waals surface area contributed by atoms with Gasteiger partial charge in [0.2, 0.25) is 0 Å². The Morgan fingerprint density at radius 3 is 2.23 bits per heavy atom. The number of ether oxygens (including phenoxy) is 1. The molecule has 1 spiro atoms. The molecule has 0 aromatic heterocycles. The molecule has 0 amide bonds. The maximum atomic E-state index is 6.53. The van der Waals surface area contributed by atoms with Gasteiger partial charge in [-0.1, -0.05) is 27.7 Å². The molecular formula is C14H28BO4PSSi. The maximum absolute atomic E-state index is 6.53. The first kappa shape index (κ1) is 19.1. The molecule has 4 nitrogen and oxygen atoms in total. The Morgan fingerprint density at radius 1 is 1.27 bits per heavy atom. The van der Waals surface area contributed by atoms with Gasteiger partial charge in [0.1, 0.15) is 13.4 Å². The molecule has 2 aliphatic rings. The van der Waals surface area contributed by atoms with Crippen molar-refractivity contribution in [1.29, 1.82) is 0 Å². The van der Waals surface area contributed by atoms with Gasteiger partial charge >= 0.3 is 0 Å². The van der Waals surface area contributed by atoms with Crippen LogP contribution in [0.4, 0.5) is 0 Å². The van der Waals surface area contributed by atoms with E-state index in [2.05, 4.69) is 40.8 Å². The summed E-state index contributed by atoms with van der Waals surface area (Å²) in [4.78, 5) is 0. The van der Waals surface area contributed by atoms with Crippen LogP contribution < -0.4 is 0 Å². The summed E-state index contributed by atoms with van der Waals surface area (Å²) in [5.74, 6) is 0.104. The topological polar surface area (TPSA) is 36.9 Å². The van der Waals surface area contributed by atoms with E-state index in [9.17, 15) is 0 Å². The van der Waals surface area contributed by atoms with Gasteiger partial charge in [-0.2, -0.15) is 0 Å². The monoisotopic (exact) mass is 362 g/mol. The Balaban J connectivity index is 2.15. The SMILES string of the molecule is [B][C@@H]1OC2(COP(C)(=S)OC2)[C@H](C)C1O[Si](C)(C)C(C)(C)C. The Kier molecular flexibility index (Phi) is 5.16. The Labute approximate surface area is 142 Å². The summed E-state index contributed by atoms with van der Waals surface area (Å²) in [5, 5.41) is 0.131. The van der Waals surface area contributed by atoms with Gasteiger partial charge < -0.3 is 18.2 Å². The average Bonchev–Trinajstić information content (AvgIpc) is 2.57. The predicted octanol–water partition coefficient (Wildman–Crippen LogP) is 3.26. The zero-order valence-electron chi connectivity index (χ0n) is 14.7. The fourth-order valence-electron chi connectivity index (χ4n) is 2.58. The van der Waals surface area contributed by atoms with Crippen LogP contribution in [0.5, 0.6) is 0 Å². The van der Waals surface area contributed by atoms with Gasteiger partial charge in [0.15, 0.2) is 14.8 Å². The van der Waals surface area contributed by atoms with Crippen molar-refractivity contribution in [2.24, 2.45) is 5.92 Å². The van der Waals surface area contributed by atoms with Crippen LogP contribution in [0, 0.1) is 5.92 Å². The highest BCUT2D eigenvalue weighted by Gasteiger charge is 2.56. The molecule has 2 heterocycles. The molecule has 0 aromatic rings. The summed E-state index contributed by atoms with van der Waals surface area (Å²) in [6.07, 6.45) is -0.138. The zero-order valence-corrected chi connectivity index (χ0v) is 17.4. The molecule has 0 bridgehead atoms. The third-order valence-corrected chi connectivity index (χ3v) is 11.6. The van der Waals surface area contributed by atoms with Crippen LogP contribution in [0.2, 0.25) is 18.1 Å². The summed E-state index contributed by atoms with van der Waals surface area (Å²) < 4.78 is 24.1. The summed E-state index contributed by atoms with van der Waals surface area (Å²) in [6.45, 7) is 13.9. The van der Waals surface area contributed by atoms with Gasteiger partial charge in [0, 0.05) is 18.6 Å². The fourth-order valence-corrected chi connectivity index (χ4v) is 5.25. The lowest BCUT2D eigenvalue weighted by Gasteiger charge is -2.42. The lowest BCUT2D eigenvalue weighted by Crippen LogP contribution is -2.50. The van der Waals surface area contributed by atoms with Gasteiger partial charge in [-0.25, -0.2) is 0 Å². The summed E-state index contributed by atoms with van der Waals surface area (Å²) in [6, 6.07) is -0.455. The van der Waals surface area contributed by atoms with E-state index in [1.54, 1.807) is 0 Å². The second kappa shape index (κ2) is 5.94. The Morgan fingerprint density at radius 2 is 1.77 bits per heavy atom. The molecule has 2 saturated heterocycles. The molecular weight excluding hydrogens is 334 g/mol. The van der Waals surface area contributed by atoms with Crippen molar-refractivity contribution >= 4 is 34.5 Å². The van der Waals surface area contributed by atoms with Crippen molar-refractivity contribution in [3.8, 4) is 0 Å². The minimum absolute atomic E-state index is 0.104. The molecule has 8 heteroatoms. The van der Waals surface area contributed by atoms with E-state index in [4.69, 9.17) is 37.9 Å². The standard InChI is InChI=1S/C14H28BO4PSSi/c1-10-11(19-22(6,7)13(2,3)4)12(15)18-14(10)8-16-20(5,21)17-9-14/h10-12H,8-9H2,1-7H3/t10-,11?,12-,14?,20?/m1/s1. The van der Waals surface area contributed by atoms with Crippen LogP contribution in [-0.2, 0) is 30.0 Å². The van der Waals surface area contributed by atoms with Crippen LogP contribution in [0.1, 0.15) is 27.7 Å². The van der Waals surface area contributed by atoms with Crippen molar-refractivity contribution in [3.05, 3.63) is 0 Å². The number of hydrogen-bond donors (Lipinski definition) is 0. The lowest BCUT2D eigenvalue weighted by molar-refractivity contribution is -0.106. The van der Waals surface area contributed by atoms with Crippen LogP contribution in [0.15, 0.2) is 0 Å². The van der Waals surface area contributed by atoms with E-state index in [1.165, 1.54) is 0 Å². The zero-order chi connectivity index (χ0) is 17.0. The van der Waals surface area contributed by atoms with Gasteiger partial charge in [-0.3, -0.25) is 0 Å². The quantitative estimate of drug-likeness (QED) is 0.557. The van der Waals surface area contributed by atoms with Crippen LogP contribution in [0.3, 0.4) is 0 Å². The van der Waals surface area contributed by atoms with Gasteiger partial charge in [0.25, 0.3) is 0 Å². The van der Waals surface area contributed by atoms with Crippen molar-refractivity contribution in [1.82, 2.24) is 0 Å². The molecule has 2 fully saturated rings. The van der Waals surface area contributed by atoms with E-state index >= 15 is 0 Å². The minimum atomic E-state index is -2.12. The van der Waals surface area contributed by atoms with Crippen LogP contribution >= 0.6 is 6.49 Å². The van der Waals surface area contributed by atoms with Gasteiger partial charge in [0.05, 0.1) is 19.3 Å². The average molecular weight is 362 g/mol. The molecule has 1 unspecified atom stereocenters. The van der Waals surface area contributed by atoms with Crippen LogP contribution in [-0.4, -0.2) is 53.8 Å². The van der Waals surface area contributed by atoms with E-state index in [0.717, 1.165) is 0 Å². The summed E-state index contributed by atoms with van der Waals surface area (Å²) >= 11 is 5.30. The predicted molar refractivity (Wildman–Crippen MR) is 96.7 cm³/mol. The smallest absolute Gasteiger partial charge is 0.192 e. The number of rotatable bonds is 2. The molecule has 0 N–H and O–H groups in total. The first-order valence-corrected chi connectivity index (χ1v) is 13.8. The van der Waals surface area contributed by atoms with Crippen molar-refractivity contribution < 1.29 is 18.2 Å². The molecule has 126 valence electrons. The Hall–Kier alpha value is 0.772. The highest BCUT2D eigenvalue weighted by molar-refractivity contribution is 8.09. The molecule has 2 rings (SSSR count). The van der Waals surface area contributed by atoms with Crippen molar-refractivity contribution in [2.75, 3.05) is 19.9 Å². The van der Waals surface area contributed by atoms with E-state index in [1.807, 2.05) is 6.66 Å². The minimum Gasteiger partial charge on any atom is -0.412 e. The molecule has 0 aromatic carbocycles. The van der Waals surface area contributed by atoms with Gasteiger partial charge in [-0.05, 0) is 29.9 Å². The highest BCUT2D eigenvalue weighted by atomic mass is 32.5. The van der Waals surface area contributed by atoms with E-state index in [-0.39, 0.29) is 17.1 Å². The van der Waals surface area contributed by atoms with Gasteiger partial charge in [-0.15, -0.1) is 0 Å². The number of hydrogen-bond acceptors (Lipinski definition) is 5. The largest absolute Gasteiger partial charge is 0.412 e. The lowest BCUT2D eigenvalue weighted by atomic mass is 9.83. The molecule has 2 radical (unpaired) electrons. The second-order valence-electron chi connectivity index (χ2n) is 8.10. The molecule has 3 atom stereocenters. The molecule has 2 aliphatic heterocycles. The fraction of sp³-hybridized carbons (Fsp3) is 1.00. The van der Waals surface area contributed by atoms with E-state index in [0.29, 0.717) is 13.2 Å². The molecule has 0 saturated carbocycles. The van der Waals surface area contributed by atoms with Crippen molar-refractivity contribution in [2.45, 2.75) is 63.5 Å². The van der Waals surface area contributed by atoms with Crippen molar-refractivity contribution in [3.63, 3.8) is 0 Å². The van der Waals surface area contributed by atoms with Crippen LogP contribution in [0.25, 0.3) is 0 Å². The second-order valence-corrected chi connectivity index (χ2v) is 16.9. The highest BCUT2D eigenvalue weighted by Crippen LogP contribution is 2.53. The third-order valence-electron chi connectivity index (χ3n) is 5.34. The first-order chi connectivity index (χ1) is 9.80. The van der Waals surface area contributed by atoms with E-state index < -0.39 is 26.4 Å². The molecule has 22 heavy (non-hydrogen) atoms. The summed E-state index contributed by atoms with van der Waals surface area (Å²) in [7, 11) is 4.32. The maximum Gasteiger partial charge on any atom is 0.192 e. The summed E-state index contributed by atoms with van der Waals surface area (Å²) in [5.41, 5.74) is -0.537. The third kappa shape index (κ3) is 3.56.